The molecule has 152 valence electrons. The fourth-order valence-electron chi connectivity index (χ4n) is 3.37. The molecule has 0 bridgehead atoms. The number of benzene rings is 2. The number of carbonyl (C=O) groups excluding carboxylic acids is 1. The van der Waals surface area contributed by atoms with E-state index in [9.17, 15) is 13.2 Å². The normalized spacial score (nSPS) is 16.2. The number of halogens is 1. The average molecular weight is 433 g/mol. The highest BCUT2D eigenvalue weighted by atomic mass is 35.5. The number of nitrogens with zero attached hydrogens (tertiary/aromatic N) is 1. The number of sulfonamides is 1. The number of carbonyl (C=O) groups is 1. The monoisotopic (exact) mass is 432 g/mol. The summed E-state index contributed by atoms with van der Waals surface area (Å²) in [6.45, 7) is 3.95. The number of nitrogens with one attached hydrogen (secondary N) is 1. The third kappa shape index (κ3) is 4.50. The van der Waals surface area contributed by atoms with Crippen molar-refractivity contribution in [2.75, 3.05) is 11.3 Å². The molecular weight excluding hydrogens is 412 g/mol. The van der Waals surface area contributed by atoms with Crippen LogP contribution in [0.1, 0.15) is 34.3 Å². The molecule has 2 aromatic carbocycles. The molecule has 3 rings (SSSR count). The molecule has 2 N–H and O–H groups in total. The number of rotatable bonds is 4. The zero-order valence-corrected chi connectivity index (χ0v) is 17.6. The number of anilines is 1. The molecule has 2 aromatic rings. The SMILES string of the molecule is Cc1cc(S(=O)(=O)Nc2cccc(C(=O)N3CCC[C@H]3C#CO)c2)c(C)cc1Cl. The van der Waals surface area contributed by atoms with Gasteiger partial charge >= 0.3 is 0 Å². The zero-order valence-electron chi connectivity index (χ0n) is 16.1. The number of aliphatic hydroxyl groups is 1. The van der Waals surface area contributed by atoms with Gasteiger partial charge in [0.25, 0.3) is 15.9 Å². The molecule has 8 heteroatoms. The molecule has 1 heterocycles. The maximum absolute atomic E-state index is 12.9. The Morgan fingerprint density at radius 3 is 2.72 bits per heavy atom. The smallest absolute Gasteiger partial charge is 0.262 e. The van der Waals surface area contributed by atoms with Gasteiger partial charge in [-0.3, -0.25) is 9.52 Å². The molecule has 1 aliphatic rings. The highest BCUT2D eigenvalue weighted by molar-refractivity contribution is 7.92. The number of hydrogen-bond acceptors (Lipinski definition) is 4. The lowest BCUT2D eigenvalue weighted by molar-refractivity contribution is 0.0765. The van der Waals surface area contributed by atoms with Gasteiger partial charge in [-0.2, -0.15) is 0 Å². The maximum atomic E-state index is 12.9. The van der Waals surface area contributed by atoms with Crippen LogP contribution >= 0.6 is 11.6 Å². The Morgan fingerprint density at radius 2 is 2.00 bits per heavy atom. The minimum absolute atomic E-state index is 0.133. The van der Waals surface area contributed by atoms with Gasteiger partial charge in [0, 0.05) is 22.8 Å². The molecule has 0 radical (unpaired) electrons. The number of aryl methyl sites for hydroxylation is 2. The Bertz CT molecular complexity index is 1120. The molecule has 1 atom stereocenters. The van der Waals surface area contributed by atoms with Crippen molar-refractivity contribution < 1.29 is 18.3 Å². The average Bonchev–Trinajstić information content (AvgIpc) is 3.12. The van der Waals surface area contributed by atoms with Gasteiger partial charge in [0.05, 0.1) is 10.9 Å². The van der Waals surface area contributed by atoms with Crippen LogP contribution in [0, 0.1) is 25.9 Å². The van der Waals surface area contributed by atoms with Crippen molar-refractivity contribution in [2.45, 2.75) is 37.6 Å². The topological polar surface area (TPSA) is 86.7 Å². The second kappa shape index (κ2) is 8.36. The first-order valence-corrected chi connectivity index (χ1v) is 10.9. The summed E-state index contributed by atoms with van der Waals surface area (Å²) in [6.07, 6.45) is 3.37. The molecule has 6 nitrogen and oxygen atoms in total. The lowest BCUT2D eigenvalue weighted by Crippen LogP contribution is -2.34. The number of amides is 1. The number of hydrogen-bond donors (Lipinski definition) is 2. The second-order valence-corrected chi connectivity index (χ2v) is 9.02. The van der Waals surface area contributed by atoms with E-state index in [-0.39, 0.29) is 22.5 Å². The van der Waals surface area contributed by atoms with Gasteiger partial charge in [-0.25, -0.2) is 8.42 Å². The van der Waals surface area contributed by atoms with Crippen LogP contribution in [0.4, 0.5) is 5.69 Å². The zero-order chi connectivity index (χ0) is 21.2. The van der Waals surface area contributed by atoms with E-state index in [0.29, 0.717) is 34.7 Å². The highest BCUT2D eigenvalue weighted by Crippen LogP contribution is 2.26. The molecule has 29 heavy (non-hydrogen) atoms. The Hall–Kier alpha value is -2.69. The number of aliphatic hydroxyl groups excluding tert-OH is 1. The van der Waals surface area contributed by atoms with Gasteiger partial charge in [0.1, 0.15) is 6.11 Å². The van der Waals surface area contributed by atoms with Crippen molar-refractivity contribution in [2.24, 2.45) is 0 Å². The Kier molecular flexibility index (Phi) is 6.06. The molecular formula is C21H21ClN2O4S. The van der Waals surface area contributed by atoms with Crippen LogP contribution in [0.25, 0.3) is 0 Å². The van der Waals surface area contributed by atoms with E-state index in [0.717, 1.165) is 6.42 Å². The van der Waals surface area contributed by atoms with Crippen LogP contribution in [0.5, 0.6) is 0 Å². The molecule has 0 unspecified atom stereocenters. The Balaban J connectivity index is 1.87. The molecule has 1 amide bonds. The largest absolute Gasteiger partial charge is 0.462 e. The van der Waals surface area contributed by atoms with E-state index in [1.165, 1.54) is 12.1 Å². The van der Waals surface area contributed by atoms with E-state index in [4.69, 9.17) is 16.7 Å². The molecule has 1 saturated heterocycles. The fraction of sp³-hybridized carbons (Fsp3) is 0.286. The van der Waals surface area contributed by atoms with Crippen LogP contribution in [-0.4, -0.2) is 36.9 Å². The minimum Gasteiger partial charge on any atom is -0.462 e. The van der Waals surface area contributed by atoms with Gasteiger partial charge < -0.3 is 10.0 Å². The standard InChI is InChI=1S/C21H21ClN2O4S/c1-14-12-20(15(2)11-19(14)22)29(27,28)23-17-6-3-5-16(13-17)21(26)24-9-4-7-18(24)8-10-25/h3,5-6,11-13,18,23,25H,4,7,9H2,1-2H3/t18-/m0/s1. The molecule has 0 aliphatic carbocycles. The lowest BCUT2D eigenvalue weighted by atomic mass is 10.1. The summed E-state index contributed by atoms with van der Waals surface area (Å²) < 4.78 is 28.3. The minimum atomic E-state index is -3.85. The Morgan fingerprint density at radius 1 is 1.24 bits per heavy atom. The van der Waals surface area contributed by atoms with E-state index in [2.05, 4.69) is 10.6 Å². The van der Waals surface area contributed by atoms with Crippen molar-refractivity contribution in [3.05, 3.63) is 58.1 Å². The summed E-state index contributed by atoms with van der Waals surface area (Å²) in [4.78, 5) is 14.6. The fourth-order valence-corrected chi connectivity index (χ4v) is 4.95. The summed E-state index contributed by atoms with van der Waals surface area (Å²) in [5.74, 6) is 2.37. The van der Waals surface area contributed by atoms with Crippen LogP contribution in [0.2, 0.25) is 5.02 Å². The van der Waals surface area contributed by atoms with E-state index < -0.39 is 10.0 Å². The second-order valence-electron chi connectivity index (χ2n) is 6.97. The van der Waals surface area contributed by atoms with Crippen molar-refractivity contribution in [3.63, 3.8) is 0 Å². The van der Waals surface area contributed by atoms with E-state index in [1.807, 2.05) is 6.11 Å². The summed E-state index contributed by atoms with van der Waals surface area (Å²) in [6, 6.07) is 9.13. The predicted molar refractivity (Wildman–Crippen MR) is 112 cm³/mol. The van der Waals surface area contributed by atoms with Crippen molar-refractivity contribution in [3.8, 4) is 12.0 Å². The molecule has 1 fully saturated rings. The summed E-state index contributed by atoms with van der Waals surface area (Å²) in [7, 11) is -3.85. The van der Waals surface area contributed by atoms with Crippen molar-refractivity contribution in [1.82, 2.24) is 4.90 Å². The van der Waals surface area contributed by atoms with E-state index in [1.54, 1.807) is 43.0 Å². The van der Waals surface area contributed by atoms with Gasteiger partial charge in [0.2, 0.25) is 0 Å². The van der Waals surface area contributed by atoms with Gasteiger partial charge in [-0.1, -0.05) is 17.7 Å². The third-order valence-corrected chi connectivity index (χ3v) is 6.78. The van der Waals surface area contributed by atoms with Crippen LogP contribution in [-0.2, 0) is 10.0 Å². The molecule has 0 aromatic heterocycles. The first-order valence-electron chi connectivity index (χ1n) is 9.08. The quantitative estimate of drug-likeness (QED) is 0.721. The summed E-state index contributed by atoms with van der Waals surface area (Å²) >= 11 is 6.07. The van der Waals surface area contributed by atoms with Crippen LogP contribution in [0.15, 0.2) is 41.3 Å². The van der Waals surface area contributed by atoms with Crippen LogP contribution < -0.4 is 4.72 Å². The van der Waals surface area contributed by atoms with Gasteiger partial charge in [0.15, 0.2) is 0 Å². The van der Waals surface area contributed by atoms with Crippen molar-refractivity contribution in [1.29, 1.82) is 0 Å². The summed E-state index contributed by atoms with van der Waals surface area (Å²) in [5, 5.41) is 9.35. The Labute approximate surface area is 175 Å². The highest BCUT2D eigenvalue weighted by Gasteiger charge is 2.28. The third-order valence-electron chi connectivity index (χ3n) is 4.85. The molecule has 0 spiro atoms. The predicted octanol–water partition coefficient (Wildman–Crippen LogP) is 3.70. The first kappa shape index (κ1) is 21.0. The first-order chi connectivity index (χ1) is 13.7. The van der Waals surface area contributed by atoms with Gasteiger partial charge in [-0.15, -0.1) is 0 Å². The lowest BCUT2D eigenvalue weighted by Gasteiger charge is -2.21. The van der Waals surface area contributed by atoms with Crippen molar-refractivity contribution >= 4 is 33.2 Å². The maximum Gasteiger partial charge on any atom is 0.262 e. The summed E-state index contributed by atoms with van der Waals surface area (Å²) in [5.41, 5.74) is 1.82. The van der Waals surface area contributed by atoms with E-state index >= 15 is 0 Å². The number of likely N-dealkylation sites (tertiary alicyclic amines) is 1. The van der Waals surface area contributed by atoms with Crippen LogP contribution in [0.3, 0.4) is 0 Å². The molecule has 1 aliphatic heterocycles. The van der Waals surface area contributed by atoms with Gasteiger partial charge in [-0.05, 0) is 74.1 Å². The molecule has 0 saturated carbocycles.